The number of guanidine groups is 1. The molecule has 0 aliphatic carbocycles. The lowest BCUT2D eigenvalue weighted by Gasteiger charge is -2.39. The highest BCUT2D eigenvalue weighted by Gasteiger charge is 2.40. The fraction of sp³-hybridized carbons (Fsp3) is 0.800. The smallest absolute Gasteiger partial charge is 0.193 e. The maximum atomic E-state index is 12.1. The van der Waals surface area contributed by atoms with Crippen LogP contribution < -0.4 is 5.32 Å². The van der Waals surface area contributed by atoms with Crippen LogP contribution in [0.4, 0.5) is 0 Å². The average molecular weight is 356 g/mol. The zero-order chi connectivity index (χ0) is 17.6. The summed E-state index contributed by atoms with van der Waals surface area (Å²) in [5.74, 6) is 0.989. The maximum Gasteiger partial charge on any atom is 0.193 e. The summed E-state index contributed by atoms with van der Waals surface area (Å²) >= 11 is 0. The summed E-state index contributed by atoms with van der Waals surface area (Å²) in [7, 11) is -3.04. The van der Waals surface area contributed by atoms with Gasteiger partial charge in [0.15, 0.2) is 15.8 Å². The fourth-order valence-corrected chi connectivity index (χ4v) is 4.04. The molecule has 9 heteroatoms. The topological polar surface area (TPSA) is 92.5 Å². The van der Waals surface area contributed by atoms with Crippen molar-refractivity contribution >= 4 is 15.8 Å². The highest BCUT2D eigenvalue weighted by atomic mass is 32.2. The predicted molar refractivity (Wildman–Crippen MR) is 94.7 cm³/mol. The molecule has 0 saturated carbocycles. The molecular weight excluding hydrogens is 328 g/mol. The van der Waals surface area contributed by atoms with Crippen molar-refractivity contribution in [3.8, 4) is 0 Å². The molecule has 0 radical (unpaired) electrons. The van der Waals surface area contributed by atoms with Crippen LogP contribution in [-0.4, -0.2) is 70.7 Å². The molecule has 0 unspecified atom stereocenters. The second-order valence-electron chi connectivity index (χ2n) is 6.64. The Balaban J connectivity index is 1.88. The standard InChI is InChI=1S/C15H28N6O2S/c1-4-16-14(17-7-5-6-8-20-12-18-19-13-20)21-9-10-24(22,23)15(2,3)11-21/h12-13H,4-11H2,1-3H3,(H,16,17). The minimum Gasteiger partial charge on any atom is -0.357 e. The van der Waals surface area contributed by atoms with Crippen LogP contribution in [0.2, 0.25) is 0 Å². The molecule has 2 heterocycles. The Morgan fingerprint density at radius 3 is 2.62 bits per heavy atom. The number of aromatic nitrogens is 3. The van der Waals surface area contributed by atoms with Crippen molar-refractivity contribution in [3.05, 3.63) is 12.7 Å². The molecule has 1 saturated heterocycles. The largest absolute Gasteiger partial charge is 0.357 e. The summed E-state index contributed by atoms with van der Waals surface area (Å²) in [6.45, 7) is 8.94. The number of unbranched alkanes of at least 4 members (excludes halogenated alkanes) is 1. The van der Waals surface area contributed by atoms with Crippen molar-refractivity contribution in [1.29, 1.82) is 0 Å². The number of nitrogens with one attached hydrogen (secondary N) is 1. The third-order valence-electron chi connectivity index (χ3n) is 4.23. The van der Waals surface area contributed by atoms with Crippen LogP contribution in [-0.2, 0) is 16.4 Å². The molecule has 1 aromatic heterocycles. The molecule has 0 atom stereocenters. The first-order chi connectivity index (χ1) is 11.4. The summed E-state index contributed by atoms with van der Waals surface area (Å²) in [4.78, 5) is 6.73. The quantitative estimate of drug-likeness (QED) is 0.454. The molecule has 0 bridgehead atoms. The van der Waals surface area contributed by atoms with Gasteiger partial charge < -0.3 is 14.8 Å². The molecule has 24 heavy (non-hydrogen) atoms. The number of aryl methyl sites for hydroxylation is 1. The van der Waals surface area contributed by atoms with E-state index < -0.39 is 14.6 Å². The van der Waals surface area contributed by atoms with E-state index in [1.165, 1.54) is 0 Å². The number of nitrogens with zero attached hydrogens (tertiary/aromatic N) is 5. The molecule has 2 rings (SSSR count). The highest BCUT2D eigenvalue weighted by Crippen LogP contribution is 2.23. The third kappa shape index (κ3) is 4.68. The Labute approximate surface area is 144 Å². The van der Waals surface area contributed by atoms with Gasteiger partial charge in [-0.3, -0.25) is 4.99 Å². The minimum atomic E-state index is -3.04. The van der Waals surface area contributed by atoms with Crippen molar-refractivity contribution in [2.75, 3.05) is 31.9 Å². The molecule has 1 fully saturated rings. The zero-order valence-electron chi connectivity index (χ0n) is 14.8. The van der Waals surface area contributed by atoms with E-state index in [-0.39, 0.29) is 5.75 Å². The second-order valence-corrected chi connectivity index (χ2v) is 9.39. The number of sulfone groups is 1. The molecule has 8 nitrogen and oxygen atoms in total. The minimum absolute atomic E-state index is 0.179. The molecule has 1 aliphatic heterocycles. The van der Waals surface area contributed by atoms with Crippen LogP contribution in [0.5, 0.6) is 0 Å². The van der Waals surface area contributed by atoms with Crippen molar-refractivity contribution in [2.45, 2.75) is 44.9 Å². The number of rotatable bonds is 6. The molecular formula is C15H28N6O2S. The first kappa shape index (κ1) is 18.7. The Morgan fingerprint density at radius 1 is 1.29 bits per heavy atom. The van der Waals surface area contributed by atoms with E-state index in [1.54, 1.807) is 26.5 Å². The first-order valence-corrected chi connectivity index (χ1v) is 10.1. The lowest BCUT2D eigenvalue weighted by Crippen LogP contribution is -2.57. The molecule has 0 aromatic carbocycles. The average Bonchev–Trinajstić information content (AvgIpc) is 3.02. The SMILES string of the molecule is CCNC(=NCCCCn1cnnc1)N1CCS(=O)(=O)C(C)(C)C1. The van der Waals surface area contributed by atoms with Gasteiger partial charge in [0.25, 0.3) is 0 Å². The van der Waals surface area contributed by atoms with E-state index in [4.69, 9.17) is 0 Å². The van der Waals surface area contributed by atoms with Crippen LogP contribution >= 0.6 is 0 Å². The Hall–Kier alpha value is -1.64. The first-order valence-electron chi connectivity index (χ1n) is 8.44. The molecule has 1 aliphatic rings. The summed E-state index contributed by atoms with van der Waals surface area (Å²) in [5.41, 5.74) is 0. The van der Waals surface area contributed by atoms with Gasteiger partial charge in [0.1, 0.15) is 12.7 Å². The van der Waals surface area contributed by atoms with Gasteiger partial charge in [-0.1, -0.05) is 0 Å². The Kier molecular flexibility index (Phi) is 6.20. The van der Waals surface area contributed by atoms with E-state index >= 15 is 0 Å². The zero-order valence-corrected chi connectivity index (χ0v) is 15.6. The number of hydrogen-bond acceptors (Lipinski definition) is 5. The van der Waals surface area contributed by atoms with Crippen LogP contribution in [0.25, 0.3) is 0 Å². The van der Waals surface area contributed by atoms with Crippen molar-refractivity contribution in [1.82, 2.24) is 25.0 Å². The van der Waals surface area contributed by atoms with Crippen molar-refractivity contribution < 1.29 is 8.42 Å². The summed E-state index contributed by atoms with van der Waals surface area (Å²) in [6, 6.07) is 0. The van der Waals surface area contributed by atoms with Crippen LogP contribution in [0.15, 0.2) is 17.6 Å². The third-order valence-corrected chi connectivity index (χ3v) is 6.76. The van der Waals surface area contributed by atoms with E-state index in [0.717, 1.165) is 31.9 Å². The highest BCUT2D eigenvalue weighted by molar-refractivity contribution is 7.92. The normalized spacial score (nSPS) is 20.1. The Morgan fingerprint density at radius 2 is 2.00 bits per heavy atom. The second kappa shape index (κ2) is 7.96. The van der Waals surface area contributed by atoms with Gasteiger partial charge >= 0.3 is 0 Å². The van der Waals surface area contributed by atoms with Gasteiger partial charge in [0, 0.05) is 32.7 Å². The van der Waals surface area contributed by atoms with Crippen molar-refractivity contribution in [3.63, 3.8) is 0 Å². The molecule has 1 N–H and O–H groups in total. The Bertz CT molecular complexity index is 639. The van der Waals surface area contributed by atoms with Gasteiger partial charge in [-0.25, -0.2) is 8.42 Å². The summed E-state index contributed by atoms with van der Waals surface area (Å²) in [5, 5.41) is 10.8. The van der Waals surface area contributed by atoms with Gasteiger partial charge in [0.05, 0.1) is 10.5 Å². The molecule has 0 spiro atoms. The van der Waals surface area contributed by atoms with Crippen molar-refractivity contribution in [2.24, 2.45) is 4.99 Å². The number of hydrogen-bond donors (Lipinski definition) is 1. The lowest BCUT2D eigenvalue weighted by atomic mass is 10.2. The molecule has 1 aromatic rings. The summed E-state index contributed by atoms with van der Waals surface area (Å²) in [6.07, 6.45) is 5.39. The maximum absolute atomic E-state index is 12.1. The van der Waals surface area contributed by atoms with E-state index in [1.807, 2.05) is 11.5 Å². The molecule has 136 valence electrons. The summed E-state index contributed by atoms with van der Waals surface area (Å²) < 4.78 is 25.5. The van der Waals surface area contributed by atoms with Crippen LogP contribution in [0.3, 0.4) is 0 Å². The van der Waals surface area contributed by atoms with Crippen LogP contribution in [0, 0.1) is 0 Å². The van der Waals surface area contributed by atoms with E-state index in [2.05, 4.69) is 25.4 Å². The van der Waals surface area contributed by atoms with E-state index in [9.17, 15) is 8.42 Å². The molecule has 0 amide bonds. The number of aliphatic imine (C=N–C) groups is 1. The fourth-order valence-electron chi connectivity index (χ4n) is 2.68. The van der Waals surface area contributed by atoms with Crippen LogP contribution in [0.1, 0.15) is 33.6 Å². The van der Waals surface area contributed by atoms with Gasteiger partial charge in [-0.2, -0.15) is 0 Å². The lowest BCUT2D eigenvalue weighted by molar-refractivity contribution is 0.353. The monoisotopic (exact) mass is 356 g/mol. The predicted octanol–water partition coefficient (Wildman–Crippen LogP) is 0.533. The van der Waals surface area contributed by atoms with Gasteiger partial charge in [-0.05, 0) is 33.6 Å². The van der Waals surface area contributed by atoms with Gasteiger partial charge in [0.2, 0.25) is 0 Å². The van der Waals surface area contributed by atoms with Gasteiger partial charge in [-0.15, -0.1) is 10.2 Å². The van der Waals surface area contributed by atoms with E-state index in [0.29, 0.717) is 19.6 Å².